The fourth-order valence-corrected chi connectivity index (χ4v) is 1.76. The molecule has 0 spiro atoms. The van der Waals surface area contributed by atoms with E-state index in [1.54, 1.807) is 6.20 Å². The molecule has 2 aromatic rings. The van der Waals surface area contributed by atoms with E-state index in [1.165, 1.54) is 0 Å². The third-order valence-electron chi connectivity index (χ3n) is 2.28. The van der Waals surface area contributed by atoms with Gasteiger partial charge in [-0.05, 0) is 0 Å². The summed E-state index contributed by atoms with van der Waals surface area (Å²) < 4.78 is 2.06. The molecule has 0 bridgehead atoms. The molecule has 2 heterocycles. The number of fused-ring (bicyclic) bond motifs is 1. The second kappa shape index (κ2) is 3.24. The Morgan fingerprint density at radius 1 is 1.43 bits per heavy atom. The second-order valence-corrected chi connectivity index (χ2v) is 4.07. The maximum atomic E-state index is 5.83. The molecule has 0 atom stereocenters. The molecule has 0 radical (unpaired) electrons. The highest BCUT2D eigenvalue weighted by molar-refractivity contribution is 6.29. The lowest BCUT2D eigenvalue weighted by Gasteiger charge is -2.04. The van der Waals surface area contributed by atoms with Crippen LogP contribution in [0, 0.1) is 0 Å². The van der Waals surface area contributed by atoms with Crippen molar-refractivity contribution in [3.63, 3.8) is 0 Å². The fraction of sp³-hybridized carbons (Fsp3) is 0.400. The van der Waals surface area contributed by atoms with Crippen LogP contribution in [0.15, 0.2) is 12.3 Å². The highest BCUT2D eigenvalue weighted by Crippen LogP contribution is 2.21. The van der Waals surface area contributed by atoms with Gasteiger partial charge in [0, 0.05) is 19.0 Å². The molecule has 3 nitrogen and oxygen atoms in total. The van der Waals surface area contributed by atoms with Gasteiger partial charge in [-0.1, -0.05) is 25.4 Å². The van der Waals surface area contributed by atoms with Crippen LogP contribution in [0.1, 0.15) is 25.6 Å². The van der Waals surface area contributed by atoms with Crippen molar-refractivity contribution in [2.45, 2.75) is 19.8 Å². The van der Waals surface area contributed by atoms with Crippen LogP contribution in [-0.4, -0.2) is 14.5 Å². The molecule has 4 heteroatoms. The molecule has 14 heavy (non-hydrogen) atoms. The summed E-state index contributed by atoms with van der Waals surface area (Å²) in [6.07, 6.45) is 1.71. The summed E-state index contributed by atoms with van der Waals surface area (Å²) >= 11 is 5.83. The molecule has 0 aromatic carbocycles. The van der Waals surface area contributed by atoms with E-state index < -0.39 is 0 Å². The Morgan fingerprint density at radius 3 is 2.79 bits per heavy atom. The van der Waals surface area contributed by atoms with Gasteiger partial charge in [-0.15, -0.1) is 0 Å². The minimum absolute atomic E-state index is 0.408. The van der Waals surface area contributed by atoms with Crippen LogP contribution in [0.2, 0.25) is 5.15 Å². The first-order valence-electron chi connectivity index (χ1n) is 4.57. The van der Waals surface area contributed by atoms with Crippen LogP contribution < -0.4 is 0 Å². The summed E-state index contributed by atoms with van der Waals surface area (Å²) in [7, 11) is 2.00. The van der Waals surface area contributed by atoms with Crippen LogP contribution in [0.4, 0.5) is 0 Å². The van der Waals surface area contributed by atoms with E-state index >= 15 is 0 Å². The van der Waals surface area contributed by atoms with Gasteiger partial charge in [-0.25, -0.2) is 9.97 Å². The van der Waals surface area contributed by atoms with Gasteiger partial charge in [0.2, 0.25) is 0 Å². The second-order valence-electron chi connectivity index (χ2n) is 3.68. The molecule has 0 fully saturated rings. The number of aromatic nitrogens is 3. The zero-order valence-corrected chi connectivity index (χ0v) is 9.21. The van der Waals surface area contributed by atoms with Gasteiger partial charge in [-0.3, -0.25) is 0 Å². The maximum Gasteiger partial charge on any atom is 0.131 e. The average Bonchev–Trinajstić information content (AvgIpc) is 2.44. The Balaban J connectivity index is 2.74. The third kappa shape index (κ3) is 1.38. The van der Waals surface area contributed by atoms with Crippen LogP contribution in [0.25, 0.3) is 11.0 Å². The van der Waals surface area contributed by atoms with Gasteiger partial charge < -0.3 is 4.57 Å². The monoisotopic (exact) mass is 209 g/mol. The van der Waals surface area contributed by atoms with Crippen molar-refractivity contribution in [3.8, 4) is 0 Å². The molecule has 0 N–H and O–H groups in total. The summed E-state index contributed by atoms with van der Waals surface area (Å²) in [4.78, 5) is 8.51. The van der Waals surface area contributed by atoms with Gasteiger partial charge in [0.05, 0.1) is 11.7 Å². The summed E-state index contributed by atoms with van der Waals surface area (Å²) in [6.45, 7) is 4.24. The number of pyridine rings is 1. The van der Waals surface area contributed by atoms with Crippen LogP contribution in [0.5, 0.6) is 0 Å². The molecular formula is C10H12ClN3. The Morgan fingerprint density at radius 2 is 2.14 bits per heavy atom. The first-order chi connectivity index (χ1) is 6.59. The van der Waals surface area contributed by atoms with Crippen molar-refractivity contribution in [1.29, 1.82) is 0 Å². The third-order valence-corrected chi connectivity index (χ3v) is 2.49. The Bertz CT molecular complexity index is 473. The van der Waals surface area contributed by atoms with Crippen LogP contribution in [-0.2, 0) is 7.05 Å². The molecular weight excluding hydrogens is 198 g/mol. The van der Waals surface area contributed by atoms with Crippen molar-refractivity contribution in [2.24, 2.45) is 7.05 Å². The van der Waals surface area contributed by atoms with Crippen LogP contribution in [0.3, 0.4) is 0 Å². The predicted octanol–water partition coefficient (Wildman–Crippen LogP) is 2.75. The molecule has 0 saturated carbocycles. The van der Waals surface area contributed by atoms with Gasteiger partial charge in [0.15, 0.2) is 0 Å². The Kier molecular flexibility index (Phi) is 2.19. The molecule has 74 valence electrons. The molecule has 2 rings (SSSR count). The summed E-state index contributed by atoms with van der Waals surface area (Å²) in [5.41, 5.74) is 1.94. The van der Waals surface area contributed by atoms with Gasteiger partial charge in [-0.2, -0.15) is 0 Å². The lowest BCUT2D eigenvalue weighted by molar-refractivity contribution is 0.722. The molecule has 0 amide bonds. The van der Waals surface area contributed by atoms with Crippen molar-refractivity contribution in [3.05, 3.63) is 23.2 Å². The quantitative estimate of drug-likeness (QED) is 0.677. The average molecular weight is 210 g/mol. The van der Waals surface area contributed by atoms with Crippen molar-refractivity contribution >= 4 is 22.6 Å². The van der Waals surface area contributed by atoms with Crippen molar-refractivity contribution < 1.29 is 0 Å². The summed E-state index contributed by atoms with van der Waals surface area (Å²) in [5, 5.41) is 0.510. The highest BCUT2D eigenvalue weighted by atomic mass is 35.5. The van der Waals surface area contributed by atoms with Gasteiger partial charge in [0.1, 0.15) is 16.5 Å². The number of nitrogens with zero attached hydrogens (tertiary/aromatic N) is 3. The lowest BCUT2D eigenvalue weighted by atomic mass is 10.2. The number of imidazole rings is 1. The predicted molar refractivity (Wildman–Crippen MR) is 57.6 cm³/mol. The Hall–Kier alpha value is -1.09. The number of hydrogen-bond acceptors (Lipinski definition) is 2. The zero-order chi connectivity index (χ0) is 10.3. The van der Waals surface area contributed by atoms with E-state index in [0.29, 0.717) is 11.1 Å². The fourth-order valence-electron chi connectivity index (χ4n) is 1.61. The van der Waals surface area contributed by atoms with E-state index in [2.05, 4.69) is 28.4 Å². The molecule has 0 aliphatic rings. The number of rotatable bonds is 1. The van der Waals surface area contributed by atoms with Gasteiger partial charge in [0.25, 0.3) is 0 Å². The smallest absolute Gasteiger partial charge is 0.131 e. The first-order valence-corrected chi connectivity index (χ1v) is 4.95. The van der Waals surface area contributed by atoms with Gasteiger partial charge >= 0.3 is 0 Å². The van der Waals surface area contributed by atoms with E-state index in [4.69, 9.17) is 11.6 Å². The molecule has 0 aliphatic heterocycles. The molecule has 0 aliphatic carbocycles. The van der Waals surface area contributed by atoms with E-state index in [0.717, 1.165) is 16.9 Å². The van der Waals surface area contributed by atoms with Crippen molar-refractivity contribution in [1.82, 2.24) is 14.5 Å². The number of aryl methyl sites for hydroxylation is 1. The van der Waals surface area contributed by atoms with E-state index in [-0.39, 0.29) is 0 Å². The van der Waals surface area contributed by atoms with E-state index in [1.807, 2.05) is 13.1 Å². The zero-order valence-electron chi connectivity index (χ0n) is 8.45. The highest BCUT2D eigenvalue weighted by Gasteiger charge is 2.10. The van der Waals surface area contributed by atoms with Crippen LogP contribution >= 0.6 is 11.6 Å². The molecule has 2 aromatic heterocycles. The number of halogens is 1. The lowest BCUT2D eigenvalue weighted by Crippen LogP contribution is -1.99. The number of hydrogen-bond donors (Lipinski definition) is 0. The normalized spacial score (nSPS) is 11.5. The maximum absolute atomic E-state index is 5.83. The SMILES string of the molecule is CC(C)c1nc2cnc(Cl)cc2n1C. The topological polar surface area (TPSA) is 30.7 Å². The standard InChI is InChI=1S/C10H12ClN3/c1-6(2)10-13-7-5-12-9(11)4-8(7)14(10)3/h4-6H,1-3H3. The minimum atomic E-state index is 0.408. The molecule has 0 unspecified atom stereocenters. The summed E-state index contributed by atoms with van der Waals surface area (Å²) in [6, 6.07) is 1.84. The van der Waals surface area contributed by atoms with Crippen molar-refractivity contribution in [2.75, 3.05) is 0 Å². The molecule has 0 saturated heterocycles. The van der Waals surface area contributed by atoms with E-state index in [9.17, 15) is 0 Å². The first kappa shape index (κ1) is 9.46. The summed E-state index contributed by atoms with van der Waals surface area (Å²) in [5.74, 6) is 1.47. The minimum Gasteiger partial charge on any atom is -0.331 e. The largest absolute Gasteiger partial charge is 0.331 e. The Labute approximate surface area is 87.7 Å².